The molecule has 23 heavy (non-hydrogen) atoms. The second kappa shape index (κ2) is 8.22. The molecule has 2 rings (SSSR count). The van der Waals surface area contributed by atoms with E-state index < -0.39 is 0 Å². The Morgan fingerprint density at radius 3 is 2.52 bits per heavy atom. The quantitative estimate of drug-likeness (QED) is 0.785. The lowest BCUT2D eigenvalue weighted by Crippen LogP contribution is -2.30. The monoisotopic (exact) mass is 312 g/mol. The number of hydrogen-bond donors (Lipinski definition) is 2. The highest BCUT2D eigenvalue weighted by Gasteiger charge is 2.03. The molecule has 2 aromatic carbocycles. The fourth-order valence-corrected chi connectivity index (χ4v) is 2.17. The number of carbonyl (C=O) groups is 1. The third-order valence-electron chi connectivity index (χ3n) is 3.72. The Morgan fingerprint density at radius 2 is 1.78 bits per heavy atom. The van der Waals surface area contributed by atoms with Gasteiger partial charge in [-0.05, 0) is 62.1 Å². The molecular weight excluding hydrogens is 288 g/mol. The van der Waals surface area contributed by atoms with Crippen molar-refractivity contribution in [3.8, 4) is 5.75 Å². The first kappa shape index (κ1) is 16.9. The molecule has 0 aliphatic rings. The first-order valence-electron chi connectivity index (χ1n) is 7.87. The first-order chi connectivity index (χ1) is 11.1. The number of nitrogens with one attached hydrogen (secondary N) is 2. The van der Waals surface area contributed by atoms with Gasteiger partial charge in [-0.1, -0.05) is 24.3 Å². The average Bonchev–Trinajstić information content (AvgIpc) is 2.52. The molecular formula is C19H24N2O2. The Hall–Kier alpha value is -2.49. The van der Waals surface area contributed by atoms with Crippen LogP contribution in [-0.2, 0) is 0 Å². The van der Waals surface area contributed by atoms with Gasteiger partial charge in [0.1, 0.15) is 5.75 Å². The summed E-state index contributed by atoms with van der Waals surface area (Å²) in [5.41, 5.74) is 4.30. The minimum atomic E-state index is -0.191. The van der Waals surface area contributed by atoms with Crippen molar-refractivity contribution in [3.63, 3.8) is 0 Å². The van der Waals surface area contributed by atoms with Gasteiger partial charge in [-0.15, -0.1) is 0 Å². The number of rotatable bonds is 6. The van der Waals surface area contributed by atoms with Crippen LogP contribution in [-0.4, -0.2) is 19.2 Å². The largest absolute Gasteiger partial charge is 0.493 e. The van der Waals surface area contributed by atoms with Gasteiger partial charge in [0.05, 0.1) is 6.61 Å². The van der Waals surface area contributed by atoms with E-state index >= 15 is 0 Å². The second-order valence-electron chi connectivity index (χ2n) is 5.65. The van der Waals surface area contributed by atoms with Gasteiger partial charge < -0.3 is 15.4 Å². The molecule has 0 saturated heterocycles. The Morgan fingerprint density at radius 1 is 1.00 bits per heavy atom. The summed E-state index contributed by atoms with van der Waals surface area (Å²) in [7, 11) is 0. The summed E-state index contributed by atoms with van der Waals surface area (Å²) in [6.45, 7) is 7.25. The van der Waals surface area contributed by atoms with E-state index in [1.165, 1.54) is 5.56 Å². The molecule has 0 saturated carbocycles. The summed E-state index contributed by atoms with van der Waals surface area (Å²) >= 11 is 0. The number of benzene rings is 2. The number of anilines is 1. The third-order valence-corrected chi connectivity index (χ3v) is 3.72. The van der Waals surface area contributed by atoms with Crippen LogP contribution in [0.15, 0.2) is 42.5 Å². The maximum atomic E-state index is 11.8. The van der Waals surface area contributed by atoms with Gasteiger partial charge in [-0.2, -0.15) is 0 Å². The lowest BCUT2D eigenvalue weighted by molar-refractivity contribution is 0.250. The van der Waals surface area contributed by atoms with Crippen LogP contribution in [0.5, 0.6) is 5.75 Å². The zero-order valence-corrected chi connectivity index (χ0v) is 14.0. The Balaban J connectivity index is 1.67. The van der Waals surface area contributed by atoms with Gasteiger partial charge in [-0.25, -0.2) is 4.79 Å². The molecule has 0 aliphatic carbocycles. The van der Waals surface area contributed by atoms with E-state index in [4.69, 9.17) is 4.74 Å². The van der Waals surface area contributed by atoms with E-state index in [9.17, 15) is 4.79 Å². The predicted molar refractivity (Wildman–Crippen MR) is 94.2 cm³/mol. The van der Waals surface area contributed by atoms with Gasteiger partial charge in [0.15, 0.2) is 0 Å². The van der Waals surface area contributed by atoms with Gasteiger partial charge in [0.2, 0.25) is 0 Å². The van der Waals surface area contributed by atoms with Crippen molar-refractivity contribution in [2.75, 3.05) is 18.5 Å². The van der Waals surface area contributed by atoms with Crippen molar-refractivity contribution in [1.29, 1.82) is 0 Å². The van der Waals surface area contributed by atoms with E-state index in [0.717, 1.165) is 29.0 Å². The fraction of sp³-hybridized carbons (Fsp3) is 0.316. The van der Waals surface area contributed by atoms with Crippen molar-refractivity contribution in [3.05, 3.63) is 59.2 Å². The molecule has 0 unspecified atom stereocenters. The van der Waals surface area contributed by atoms with Crippen molar-refractivity contribution >= 4 is 11.7 Å². The lowest BCUT2D eigenvalue weighted by atomic mass is 10.1. The van der Waals surface area contributed by atoms with Gasteiger partial charge >= 0.3 is 6.03 Å². The number of amides is 2. The maximum absolute atomic E-state index is 11.8. The molecule has 2 aromatic rings. The van der Waals surface area contributed by atoms with Gasteiger partial charge in [-0.3, -0.25) is 0 Å². The molecule has 0 aromatic heterocycles. The van der Waals surface area contributed by atoms with Gasteiger partial charge in [0.25, 0.3) is 0 Å². The summed E-state index contributed by atoms with van der Waals surface area (Å²) in [5, 5.41) is 5.67. The maximum Gasteiger partial charge on any atom is 0.319 e. The SMILES string of the molecule is Cc1ccc(NC(=O)NCCCOc2ccccc2C)cc1C. The Bertz CT molecular complexity index is 668. The number of hydrogen-bond acceptors (Lipinski definition) is 2. The summed E-state index contributed by atoms with van der Waals surface area (Å²) in [6, 6.07) is 13.6. The smallest absolute Gasteiger partial charge is 0.319 e. The third kappa shape index (κ3) is 5.33. The topological polar surface area (TPSA) is 50.4 Å². The molecule has 122 valence electrons. The molecule has 0 radical (unpaired) electrons. The molecule has 2 N–H and O–H groups in total. The van der Waals surface area contributed by atoms with Crippen LogP contribution in [0, 0.1) is 20.8 Å². The molecule has 4 heteroatoms. The van der Waals surface area contributed by atoms with Crippen molar-refractivity contribution in [1.82, 2.24) is 5.32 Å². The first-order valence-corrected chi connectivity index (χ1v) is 7.87. The second-order valence-corrected chi connectivity index (χ2v) is 5.65. The zero-order chi connectivity index (χ0) is 16.7. The molecule has 2 amide bonds. The molecule has 0 spiro atoms. The zero-order valence-electron chi connectivity index (χ0n) is 14.0. The summed E-state index contributed by atoms with van der Waals surface area (Å²) in [5.74, 6) is 0.895. The minimum absolute atomic E-state index is 0.191. The van der Waals surface area contributed by atoms with Crippen molar-refractivity contribution in [2.24, 2.45) is 0 Å². The Kier molecular flexibility index (Phi) is 6.03. The number of para-hydroxylation sites is 1. The van der Waals surface area contributed by atoms with Crippen LogP contribution < -0.4 is 15.4 Å². The fourth-order valence-electron chi connectivity index (χ4n) is 2.17. The molecule has 0 heterocycles. The number of carbonyl (C=O) groups excluding carboxylic acids is 1. The van der Waals surface area contributed by atoms with Crippen LogP contribution >= 0.6 is 0 Å². The highest BCUT2D eigenvalue weighted by atomic mass is 16.5. The predicted octanol–water partition coefficient (Wildman–Crippen LogP) is 4.20. The summed E-state index contributed by atoms with van der Waals surface area (Å²) in [4.78, 5) is 11.8. The minimum Gasteiger partial charge on any atom is -0.493 e. The van der Waals surface area contributed by atoms with Crippen LogP contribution in [0.3, 0.4) is 0 Å². The molecule has 0 fully saturated rings. The molecule has 4 nitrogen and oxygen atoms in total. The summed E-state index contributed by atoms with van der Waals surface area (Å²) in [6.07, 6.45) is 0.759. The van der Waals surface area contributed by atoms with Gasteiger partial charge in [0, 0.05) is 12.2 Å². The molecule has 0 atom stereocenters. The number of aryl methyl sites for hydroxylation is 3. The number of urea groups is 1. The van der Waals surface area contributed by atoms with Crippen LogP contribution in [0.25, 0.3) is 0 Å². The van der Waals surface area contributed by atoms with Crippen molar-refractivity contribution < 1.29 is 9.53 Å². The van der Waals surface area contributed by atoms with E-state index in [1.807, 2.05) is 63.2 Å². The van der Waals surface area contributed by atoms with Crippen LogP contribution in [0.4, 0.5) is 10.5 Å². The summed E-state index contributed by atoms with van der Waals surface area (Å²) < 4.78 is 5.69. The van der Waals surface area contributed by atoms with E-state index in [1.54, 1.807) is 0 Å². The number of ether oxygens (including phenoxy) is 1. The standard InChI is InChI=1S/C19H24N2O2/c1-14-9-10-17(13-16(14)3)21-19(22)20-11-6-12-23-18-8-5-4-7-15(18)2/h4-5,7-10,13H,6,11-12H2,1-3H3,(H2,20,21,22). The van der Waals surface area contributed by atoms with E-state index in [2.05, 4.69) is 10.6 Å². The average molecular weight is 312 g/mol. The van der Waals surface area contributed by atoms with Crippen molar-refractivity contribution in [2.45, 2.75) is 27.2 Å². The molecule has 0 bridgehead atoms. The normalized spacial score (nSPS) is 10.2. The van der Waals surface area contributed by atoms with Crippen LogP contribution in [0.1, 0.15) is 23.1 Å². The lowest BCUT2D eigenvalue weighted by Gasteiger charge is -2.11. The highest BCUT2D eigenvalue weighted by molar-refractivity contribution is 5.89. The highest BCUT2D eigenvalue weighted by Crippen LogP contribution is 2.16. The van der Waals surface area contributed by atoms with E-state index in [-0.39, 0.29) is 6.03 Å². The molecule has 0 aliphatic heterocycles. The van der Waals surface area contributed by atoms with E-state index in [0.29, 0.717) is 13.2 Å². The Labute approximate surface area is 137 Å². The van der Waals surface area contributed by atoms with Crippen LogP contribution in [0.2, 0.25) is 0 Å².